The number of hydrogen-bond donors (Lipinski definition) is 0. The second-order valence-corrected chi connectivity index (χ2v) is 8.42. The molecule has 3 heterocycles. The van der Waals surface area contributed by atoms with Gasteiger partial charge < -0.3 is 14.5 Å². The van der Waals surface area contributed by atoms with E-state index < -0.39 is 5.97 Å². The van der Waals surface area contributed by atoms with E-state index in [-0.39, 0.29) is 24.6 Å². The van der Waals surface area contributed by atoms with Gasteiger partial charge in [-0.25, -0.2) is 4.79 Å². The van der Waals surface area contributed by atoms with Gasteiger partial charge in [0.1, 0.15) is 0 Å². The van der Waals surface area contributed by atoms with Crippen molar-refractivity contribution < 1.29 is 14.3 Å². The van der Waals surface area contributed by atoms with E-state index in [1.807, 2.05) is 36.2 Å². The monoisotopic (exact) mass is 395 g/mol. The minimum atomic E-state index is -0.430. The first-order valence-corrected chi connectivity index (χ1v) is 10.5. The summed E-state index contributed by atoms with van der Waals surface area (Å²) in [5.41, 5.74) is 3.24. The first-order chi connectivity index (χ1) is 14.0. The highest BCUT2D eigenvalue weighted by molar-refractivity contribution is 6.05. The Hall–Kier alpha value is -2.47. The summed E-state index contributed by atoms with van der Waals surface area (Å²) < 4.78 is 5.57. The third-order valence-electron chi connectivity index (χ3n) is 6.25. The number of likely N-dealkylation sites (N-methyl/N-ethyl adjacent to an activating group) is 1. The lowest BCUT2D eigenvalue weighted by Gasteiger charge is -2.38. The average molecular weight is 396 g/mol. The van der Waals surface area contributed by atoms with Gasteiger partial charge in [-0.2, -0.15) is 0 Å². The van der Waals surface area contributed by atoms with Crippen molar-refractivity contribution in [1.82, 2.24) is 14.8 Å². The van der Waals surface area contributed by atoms with Gasteiger partial charge in [0.25, 0.3) is 5.91 Å². The van der Waals surface area contributed by atoms with Gasteiger partial charge in [-0.05, 0) is 46.2 Å². The zero-order valence-corrected chi connectivity index (χ0v) is 17.5. The highest BCUT2D eigenvalue weighted by Gasteiger charge is 2.30. The van der Waals surface area contributed by atoms with Crippen LogP contribution >= 0.6 is 0 Å². The smallest absolute Gasteiger partial charge is 0.339 e. The first-order valence-electron chi connectivity index (χ1n) is 10.5. The number of likely N-dealkylation sites (tertiary alicyclic amines) is 1. The molecule has 2 aromatic rings. The second kappa shape index (κ2) is 8.11. The Morgan fingerprint density at radius 1 is 1.17 bits per heavy atom. The molecule has 0 aliphatic carbocycles. The summed E-state index contributed by atoms with van der Waals surface area (Å²) >= 11 is 0. The third-order valence-corrected chi connectivity index (χ3v) is 6.25. The van der Waals surface area contributed by atoms with Gasteiger partial charge in [-0.15, -0.1) is 0 Å². The fourth-order valence-electron chi connectivity index (χ4n) is 4.75. The number of carbonyl (C=O) groups excluding carboxylic acids is 2. The Balaban J connectivity index is 1.60. The van der Waals surface area contributed by atoms with Crippen LogP contribution < -0.4 is 0 Å². The van der Waals surface area contributed by atoms with Gasteiger partial charge in [0, 0.05) is 48.2 Å². The molecular weight excluding hydrogens is 366 g/mol. The van der Waals surface area contributed by atoms with Crippen molar-refractivity contribution in [3.05, 3.63) is 41.1 Å². The lowest BCUT2D eigenvalue weighted by atomic mass is 9.96. The molecule has 2 aliphatic rings. The molecule has 1 aromatic carbocycles. The zero-order chi connectivity index (χ0) is 20.5. The van der Waals surface area contributed by atoms with Crippen LogP contribution in [0.4, 0.5) is 0 Å². The van der Waals surface area contributed by atoms with Crippen molar-refractivity contribution in [2.24, 2.45) is 0 Å². The summed E-state index contributed by atoms with van der Waals surface area (Å²) in [6, 6.07) is 8.04. The van der Waals surface area contributed by atoms with Gasteiger partial charge in [0.2, 0.25) is 0 Å². The Morgan fingerprint density at radius 2 is 1.90 bits per heavy atom. The van der Waals surface area contributed by atoms with Crippen molar-refractivity contribution in [2.45, 2.75) is 58.2 Å². The van der Waals surface area contributed by atoms with Gasteiger partial charge in [0.15, 0.2) is 6.61 Å². The molecular formula is C23H29N3O3. The van der Waals surface area contributed by atoms with Crippen molar-refractivity contribution in [1.29, 1.82) is 0 Å². The molecule has 4 rings (SSSR count). The maximum Gasteiger partial charge on any atom is 0.339 e. The van der Waals surface area contributed by atoms with Gasteiger partial charge in [-0.1, -0.05) is 18.2 Å². The number of amides is 1. The molecule has 0 radical (unpaired) electrons. The standard InChI is InChI=1S/C23H29N3O3/c1-15-7-6-8-16(2)26(15)21(27)14-29-23(28)22-17-9-4-5-10-19(17)24-20-11-12-25(3)13-18(20)22/h4-5,9-10,15-16H,6-8,11-14H2,1-3H3/t15-,16-/m1/s1. The van der Waals surface area contributed by atoms with E-state index in [2.05, 4.69) is 18.7 Å². The van der Waals surface area contributed by atoms with Crippen molar-refractivity contribution in [3.63, 3.8) is 0 Å². The lowest BCUT2D eigenvalue weighted by molar-refractivity contribution is -0.140. The highest BCUT2D eigenvalue weighted by atomic mass is 16.5. The molecule has 2 atom stereocenters. The predicted octanol–water partition coefficient (Wildman–Crippen LogP) is 3.17. The number of nitrogens with zero attached hydrogens (tertiary/aromatic N) is 3. The predicted molar refractivity (Wildman–Crippen MR) is 112 cm³/mol. The number of para-hydroxylation sites is 1. The van der Waals surface area contributed by atoms with E-state index in [4.69, 9.17) is 9.72 Å². The highest BCUT2D eigenvalue weighted by Crippen LogP contribution is 2.28. The number of rotatable bonds is 3. The van der Waals surface area contributed by atoms with Crippen LogP contribution in [0.1, 0.15) is 54.7 Å². The molecule has 0 unspecified atom stereocenters. The van der Waals surface area contributed by atoms with Crippen LogP contribution in [0.25, 0.3) is 10.9 Å². The quantitative estimate of drug-likeness (QED) is 0.747. The average Bonchev–Trinajstić information content (AvgIpc) is 2.70. The van der Waals surface area contributed by atoms with Crippen LogP contribution in [0.3, 0.4) is 0 Å². The van der Waals surface area contributed by atoms with Crippen LogP contribution in [0.5, 0.6) is 0 Å². The summed E-state index contributed by atoms with van der Waals surface area (Å²) in [5.74, 6) is -0.539. The number of ether oxygens (including phenoxy) is 1. The minimum Gasteiger partial charge on any atom is -0.452 e. The van der Waals surface area contributed by atoms with Gasteiger partial charge in [-0.3, -0.25) is 9.78 Å². The van der Waals surface area contributed by atoms with Gasteiger partial charge >= 0.3 is 5.97 Å². The Kier molecular flexibility index (Phi) is 5.54. The number of aromatic nitrogens is 1. The molecule has 1 aromatic heterocycles. The topological polar surface area (TPSA) is 62.7 Å². The van der Waals surface area contributed by atoms with E-state index in [9.17, 15) is 9.59 Å². The van der Waals surface area contributed by atoms with Crippen LogP contribution in [0, 0.1) is 0 Å². The molecule has 0 spiro atoms. The largest absolute Gasteiger partial charge is 0.452 e. The molecule has 6 nitrogen and oxygen atoms in total. The van der Waals surface area contributed by atoms with E-state index in [0.717, 1.165) is 54.4 Å². The number of pyridine rings is 1. The molecule has 29 heavy (non-hydrogen) atoms. The second-order valence-electron chi connectivity index (χ2n) is 8.42. The van der Waals surface area contributed by atoms with Crippen molar-refractivity contribution >= 4 is 22.8 Å². The van der Waals surface area contributed by atoms with Crippen LogP contribution in [-0.4, -0.2) is 58.9 Å². The molecule has 1 fully saturated rings. The fourth-order valence-corrected chi connectivity index (χ4v) is 4.75. The molecule has 0 bridgehead atoms. The molecule has 0 saturated carbocycles. The number of hydrogen-bond acceptors (Lipinski definition) is 5. The van der Waals surface area contributed by atoms with Gasteiger partial charge in [0.05, 0.1) is 11.1 Å². The molecule has 6 heteroatoms. The summed E-state index contributed by atoms with van der Waals surface area (Å²) in [6.45, 7) is 5.49. The SMILES string of the molecule is C[C@@H]1CCC[C@@H](C)N1C(=O)COC(=O)c1c2c(nc3ccccc13)CCN(C)C2. The maximum absolute atomic E-state index is 13.1. The number of fused-ring (bicyclic) bond motifs is 2. The third kappa shape index (κ3) is 3.86. The Morgan fingerprint density at radius 3 is 2.66 bits per heavy atom. The van der Waals surface area contributed by atoms with Crippen LogP contribution in [0.15, 0.2) is 24.3 Å². The van der Waals surface area contributed by atoms with Crippen LogP contribution in [0.2, 0.25) is 0 Å². The van der Waals surface area contributed by atoms with Crippen molar-refractivity contribution in [3.8, 4) is 0 Å². The zero-order valence-electron chi connectivity index (χ0n) is 17.5. The first kappa shape index (κ1) is 19.8. The lowest BCUT2D eigenvalue weighted by Crippen LogP contribution is -2.49. The van der Waals surface area contributed by atoms with Crippen LogP contribution in [-0.2, 0) is 22.5 Å². The molecule has 1 saturated heterocycles. The molecule has 2 aliphatic heterocycles. The van der Waals surface area contributed by atoms with Crippen molar-refractivity contribution in [2.75, 3.05) is 20.2 Å². The Bertz CT molecular complexity index is 932. The fraction of sp³-hybridized carbons (Fsp3) is 0.522. The molecule has 154 valence electrons. The number of benzene rings is 1. The number of carbonyl (C=O) groups is 2. The molecule has 0 N–H and O–H groups in total. The summed E-state index contributed by atoms with van der Waals surface area (Å²) in [6.07, 6.45) is 3.94. The molecule has 1 amide bonds. The van der Waals surface area contributed by atoms with E-state index in [1.165, 1.54) is 0 Å². The normalized spacial score (nSPS) is 22.4. The summed E-state index contributed by atoms with van der Waals surface area (Å²) in [4.78, 5) is 34.8. The summed E-state index contributed by atoms with van der Waals surface area (Å²) in [5, 5.41) is 0.790. The van der Waals surface area contributed by atoms with E-state index in [0.29, 0.717) is 12.1 Å². The minimum absolute atomic E-state index is 0.109. The van der Waals surface area contributed by atoms with E-state index in [1.54, 1.807) is 0 Å². The number of esters is 1. The summed E-state index contributed by atoms with van der Waals surface area (Å²) in [7, 11) is 2.04. The maximum atomic E-state index is 13.1. The van der Waals surface area contributed by atoms with E-state index >= 15 is 0 Å². The Labute approximate surface area is 171 Å². The number of piperidine rings is 1.